The third-order valence-electron chi connectivity index (χ3n) is 3.19. The molecule has 0 atom stereocenters. The molecule has 2 aromatic rings. The second-order valence-electron chi connectivity index (χ2n) is 4.87. The van der Waals surface area contributed by atoms with E-state index in [0.29, 0.717) is 24.2 Å². The van der Waals surface area contributed by atoms with Gasteiger partial charge in [0.15, 0.2) is 0 Å². The maximum atomic E-state index is 12.3. The van der Waals surface area contributed by atoms with Crippen LogP contribution in [0.4, 0.5) is 5.69 Å². The maximum Gasteiger partial charge on any atom is 0.255 e. The summed E-state index contributed by atoms with van der Waals surface area (Å²) in [6.07, 6.45) is 0.616. The third kappa shape index (κ3) is 4.37. The summed E-state index contributed by atoms with van der Waals surface area (Å²) >= 11 is 3.39. The highest BCUT2D eigenvalue weighted by Gasteiger charge is 2.13. The highest BCUT2D eigenvalue weighted by Crippen LogP contribution is 2.13. The van der Waals surface area contributed by atoms with Crippen molar-refractivity contribution in [2.24, 2.45) is 0 Å². The minimum absolute atomic E-state index is 0.0801. The van der Waals surface area contributed by atoms with Crippen LogP contribution in [0.15, 0.2) is 53.0 Å². The average molecular weight is 357 g/mol. The van der Waals surface area contributed by atoms with E-state index in [9.17, 15) is 4.79 Å². The first-order valence-corrected chi connectivity index (χ1v) is 7.71. The summed E-state index contributed by atoms with van der Waals surface area (Å²) < 4.78 is 1.03. The Kier molecular flexibility index (Phi) is 5.62. The van der Waals surface area contributed by atoms with Crippen LogP contribution in [0.3, 0.4) is 0 Å². The molecule has 3 nitrogen and oxygen atoms in total. The van der Waals surface area contributed by atoms with Gasteiger partial charge in [0, 0.05) is 35.7 Å². The largest absolute Gasteiger partial charge is 0.398 e. The fraction of sp³-hybridized carbons (Fsp3) is 0.167. The van der Waals surface area contributed by atoms with Crippen molar-refractivity contribution in [3.05, 3.63) is 64.1 Å². The van der Waals surface area contributed by atoms with Gasteiger partial charge in [0.25, 0.3) is 5.91 Å². The Morgan fingerprint density at radius 3 is 2.55 bits per heavy atom. The normalized spacial score (nSPS) is 9.73. The number of hydrogen-bond acceptors (Lipinski definition) is 2. The molecule has 0 bridgehead atoms. The van der Waals surface area contributed by atoms with Gasteiger partial charge in [-0.05, 0) is 36.4 Å². The number of nitrogens with two attached hydrogens (primary N) is 1. The van der Waals surface area contributed by atoms with Crippen molar-refractivity contribution in [3.63, 3.8) is 0 Å². The molecular weight excluding hydrogens is 340 g/mol. The quantitative estimate of drug-likeness (QED) is 0.675. The smallest absolute Gasteiger partial charge is 0.255 e. The highest BCUT2D eigenvalue weighted by atomic mass is 79.9. The standard InChI is InChI=1S/C18H17BrN2O/c1-21(18(22)16-7-2-3-8-17(16)20)13-5-4-6-14-9-11-15(19)12-10-14/h2-3,7-12H,5,13,20H2,1H3. The van der Waals surface area contributed by atoms with E-state index in [4.69, 9.17) is 5.73 Å². The van der Waals surface area contributed by atoms with Crippen molar-refractivity contribution in [1.82, 2.24) is 4.90 Å². The second kappa shape index (κ2) is 7.67. The van der Waals surface area contributed by atoms with Crippen LogP contribution in [0.25, 0.3) is 0 Å². The van der Waals surface area contributed by atoms with Gasteiger partial charge in [-0.3, -0.25) is 4.79 Å². The van der Waals surface area contributed by atoms with Crippen LogP contribution in [-0.4, -0.2) is 24.4 Å². The first-order chi connectivity index (χ1) is 10.6. The number of nitrogen functional groups attached to an aromatic ring is 1. The van der Waals surface area contributed by atoms with E-state index in [1.54, 1.807) is 24.1 Å². The Hall–Kier alpha value is -2.25. The number of anilines is 1. The number of halogens is 1. The monoisotopic (exact) mass is 356 g/mol. The highest BCUT2D eigenvalue weighted by molar-refractivity contribution is 9.10. The van der Waals surface area contributed by atoms with E-state index >= 15 is 0 Å². The number of benzene rings is 2. The molecule has 0 aromatic heterocycles. The lowest BCUT2D eigenvalue weighted by Gasteiger charge is -2.16. The molecular formula is C18H17BrN2O. The van der Waals surface area contributed by atoms with Crippen LogP contribution in [-0.2, 0) is 0 Å². The number of para-hydroxylation sites is 1. The van der Waals surface area contributed by atoms with Gasteiger partial charge in [-0.15, -0.1) is 0 Å². The molecule has 112 valence electrons. The Balaban J connectivity index is 1.91. The lowest BCUT2D eigenvalue weighted by Crippen LogP contribution is -2.28. The number of rotatable bonds is 3. The number of nitrogens with zero attached hydrogens (tertiary/aromatic N) is 1. The van der Waals surface area contributed by atoms with Crippen molar-refractivity contribution in [2.75, 3.05) is 19.3 Å². The molecule has 0 aliphatic heterocycles. The molecule has 0 saturated carbocycles. The van der Waals surface area contributed by atoms with Crippen LogP contribution in [0.5, 0.6) is 0 Å². The van der Waals surface area contributed by atoms with Crippen molar-refractivity contribution in [2.45, 2.75) is 6.42 Å². The Labute approximate surface area is 139 Å². The Morgan fingerprint density at radius 1 is 1.18 bits per heavy atom. The maximum absolute atomic E-state index is 12.3. The first kappa shape index (κ1) is 16.1. The van der Waals surface area contributed by atoms with Crippen molar-refractivity contribution < 1.29 is 4.79 Å². The van der Waals surface area contributed by atoms with Crippen LogP contribution in [0.2, 0.25) is 0 Å². The summed E-state index contributed by atoms with van der Waals surface area (Å²) in [6, 6.07) is 14.9. The van der Waals surface area contributed by atoms with Crippen LogP contribution in [0.1, 0.15) is 22.3 Å². The van der Waals surface area contributed by atoms with Crippen molar-refractivity contribution >= 4 is 27.5 Å². The van der Waals surface area contributed by atoms with Gasteiger partial charge in [-0.1, -0.05) is 39.9 Å². The Morgan fingerprint density at radius 2 is 1.86 bits per heavy atom. The van der Waals surface area contributed by atoms with Crippen LogP contribution in [0, 0.1) is 11.8 Å². The molecule has 0 spiro atoms. The fourth-order valence-electron chi connectivity index (χ4n) is 1.92. The molecule has 0 fully saturated rings. The predicted octanol–water partition coefficient (Wildman–Crippen LogP) is 3.55. The van der Waals surface area contributed by atoms with Gasteiger partial charge in [0.2, 0.25) is 0 Å². The molecule has 4 heteroatoms. The summed E-state index contributed by atoms with van der Waals surface area (Å²) in [5.74, 6) is 6.09. The van der Waals surface area contributed by atoms with Crippen LogP contribution < -0.4 is 5.73 Å². The molecule has 0 radical (unpaired) electrons. The zero-order chi connectivity index (χ0) is 15.9. The minimum Gasteiger partial charge on any atom is -0.398 e. The summed E-state index contributed by atoms with van der Waals surface area (Å²) in [7, 11) is 1.76. The molecule has 0 aliphatic rings. The van der Waals surface area contributed by atoms with E-state index in [0.717, 1.165) is 10.0 Å². The molecule has 2 rings (SSSR count). The molecule has 0 saturated heterocycles. The SMILES string of the molecule is CN(CCC#Cc1ccc(Br)cc1)C(=O)c1ccccc1N. The molecule has 0 aliphatic carbocycles. The molecule has 2 aromatic carbocycles. The van der Waals surface area contributed by atoms with E-state index < -0.39 is 0 Å². The molecule has 1 amide bonds. The lowest BCUT2D eigenvalue weighted by molar-refractivity contribution is 0.0799. The van der Waals surface area contributed by atoms with Gasteiger partial charge < -0.3 is 10.6 Å². The summed E-state index contributed by atoms with van der Waals surface area (Å²) in [4.78, 5) is 13.9. The third-order valence-corrected chi connectivity index (χ3v) is 3.72. The molecule has 0 heterocycles. The number of hydrogen-bond donors (Lipinski definition) is 1. The molecule has 0 unspecified atom stereocenters. The zero-order valence-corrected chi connectivity index (χ0v) is 13.9. The topological polar surface area (TPSA) is 46.3 Å². The average Bonchev–Trinajstić information content (AvgIpc) is 2.53. The first-order valence-electron chi connectivity index (χ1n) is 6.92. The van der Waals surface area contributed by atoms with Crippen molar-refractivity contribution in [1.29, 1.82) is 0 Å². The van der Waals surface area contributed by atoms with Gasteiger partial charge in [0.1, 0.15) is 0 Å². The van der Waals surface area contributed by atoms with Gasteiger partial charge in [-0.2, -0.15) is 0 Å². The summed E-state index contributed by atoms with van der Waals surface area (Å²) in [5, 5.41) is 0. The second-order valence-corrected chi connectivity index (χ2v) is 5.79. The van der Waals surface area contributed by atoms with Crippen molar-refractivity contribution in [3.8, 4) is 11.8 Å². The number of carbonyl (C=O) groups excluding carboxylic acids is 1. The minimum atomic E-state index is -0.0801. The van der Waals surface area contributed by atoms with Gasteiger partial charge in [0.05, 0.1) is 5.56 Å². The summed E-state index contributed by atoms with van der Waals surface area (Å²) in [5.41, 5.74) is 7.82. The van der Waals surface area contributed by atoms with E-state index in [1.807, 2.05) is 36.4 Å². The number of amides is 1. The van der Waals surface area contributed by atoms with E-state index in [-0.39, 0.29) is 5.91 Å². The fourth-order valence-corrected chi connectivity index (χ4v) is 2.18. The van der Waals surface area contributed by atoms with E-state index in [2.05, 4.69) is 27.8 Å². The Bertz CT molecular complexity index is 714. The van der Waals surface area contributed by atoms with E-state index in [1.165, 1.54) is 0 Å². The molecule has 2 N–H and O–H groups in total. The zero-order valence-electron chi connectivity index (χ0n) is 12.3. The predicted molar refractivity (Wildman–Crippen MR) is 93.5 cm³/mol. The lowest BCUT2D eigenvalue weighted by atomic mass is 10.1. The van der Waals surface area contributed by atoms with Gasteiger partial charge in [-0.25, -0.2) is 0 Å². The van der Waals surface area contributed by atoms with Crippen LogP contribution >= 0.6 is 15.9 Å². The number of carbonyl (C=O) groups is 1. The van der Waals surface area contributed by atoms with Gasteiger partial charge >= 0.3 is 0 Å². The summed E-state index contributed by atoms with van der Waals surface area (Å²) in [6.45, 7) is 0.566. The molecule has 22 heavy (non-hydrogen) atoms.